The number of alkyl halides is 3. The molecule has 0 saturated carbocycles. The van der Waals surface area contributed by atoms with Crippen LogP contribution in [0.3, 0.4) is 0 Å². The van der Waals surface area contributed by atoms with Gasteiger partial charge in [0.1, 0.15) is 11.3 Å². The largest absolute Gasteiger partial charge is 0.573 e. The second kappa shape index (κ2) is 10.4. The molecule has 1 aromatic heterocycles. The van der Waals surface area contributed by atoms with Crippen molar-refractivity contribution in [1.29, 1.82) is 0 Å². The van der Waals surface area contributed by atoms with Crippen LogP contribution in [0, 0.1) is 5.92 Å². The van der Waals surface area contributed by atoms with Crippen molar-refractivity contribution in [3.63, 3.8) is 0 Å². The molecule has 0 spiro atoms. The van der Waals surface area contributed by atoms with Gasteiger partial charge in [-0.05, 0) is 55.2 Å². The highest BCUT2D eigenvalue weighted by molar-refractivity contribution is 6.39. The van der Waals surface area contributed by atoms with Crippen LogP contribution in [0.5, 0.6) is 5.75 Å². The molecular formula is C22H23F3N4O5. The van der Waals surface area contributed by atoms with Crippen LogP contribution in [0.2, 0.25) is 0 Å². The third-order valence-corrected chi connectivity index (χ3v) is 5.36. The molecule has 12 heteroatoms. The maximum atomic E-state index is 12.6. The van der Waals surface area contributed by atoms with Crippen LogP contribution < -0.4 is 20.9 Å². The Morgan fingerprint density at radius 2 is 1.71 bits per heavy atom. The number of halogens is 3. The number of aryl methyl sites for hydroxylation is 1. The summed E-state index contributed by atoms with van der Waals surface area (Å²) < 4.78 is 41.6. The molecule has 0 aliphatic carbocycles. The van der Waals surface area contributed by atoms with E-state index in [1.54, 1.807) is 24.2 Å². The zero-order chi connectivity index (χ0) is 24.9. The normalized spacial score (nSPS) is 14.4. The van der Waals surface area contributed by atoms with Crippen molar-refractivity contribution in [3.05, 3.63) is 58.5 Å². The molecule has 3 rings (SSSR count). The predicted octanol–water partition coefficient (Wildman–Crippen LogP) is 1.89. The third-order valence-electron chi connectivity index (χ3n) is 5.36. The van der Waals surface area contributed by atoms with Crippen LogP contribution >= 0.6 is 0 Å². The van der Waals surface area contributed by atoms with Gasteiger partial charge < -0.3 is 24.8 Å². The number of piperidine rings is 1. The van der Waals surface area contributed by atoms with Crippen molar-refractivity contribution in [2.24, 2.45) is 13.0 Å². The van der Waals surface area contributed by atoms with Crippen molar-refractivity contribution in [2.45, 2.75) is 19.2 Å². The molecule has 3 amide bonds. The Labute approximate surface area is 192 Å². The highest BCUT2D eigenvalue weighted by atomic mass is 19.4. The Morgan fingerprint density at radius 1 is 1.06 bits per heavy atom. The van der Waals surface area contributed by atoms with E-state index in [1.165, 1.54) is 22.8 Å². The number of aromatic nitrogens is 1. The number of ether oxygens (including phenoxy) is 1. The molecule has 1 aromatic carbocycles. The van der Waals surface area contributed by atoms with E-state index in [2.05, 4.69) is 15.4 Å². The van der Waals surface area contributed by atoms with Crippen molar-refractivity contribution in [3.8, 4) is 5.75 Å². The molecule has 34 heavy (non-hydrogen) atoms. The fraction of sp³-hybridized carbons (Fsp3) is 0.364. The standard InChI is InChI=1S/C22H23F3N4O5/c1-28-10-2-3-17(20(28)32)21(33)29-11-8-14(9-12-29)13-26-18(30)19(31)27-15-4-6-16(7-5-15)34-22(23,24)25/h2-7,10,14H,8-9,11-13H2,1H3,(H,26,30)(H,27,31). The van der Waals surface area contributed by atoms with Crippen molar-refractivity contribution in [2.75, 3.05) is 25.0 Å². The molecule has 2 heterocycles. The zero-order valence-electron chi connectivity index (χ0n) is 18.2. The Bertz CT molecular complexity index is 1110. The molecule has 0 atom stereocenters. The van der Waals surface area contributed by atoms with Gasteiger partial charge in [0.2, 0.25) is 0 Å². The lowest BCUT2D eigenvalue weighted by Crippen LogP contribution is -2.44. The SMILES string of the molecule is Cn1cccc(C(=O)N2CCC(CNC(=O)C(=O)Nc3ccc(OC(F)(F)F)cc3)CC2)c1=O. The lowest BCUT2D eigenvalue weighted by molar-refractivity contribution is -0.274. The van der Waals surface area contributed by atoms with Crippen LogP contribution in [0.4, 0.5) is 18.9 Å². The molecule has 0 bridgehead atoms. The smallest absolute Gasteiger partial charge is 0.406 e. The van der Waals surface area contributed by atoms with Gasteiger partial charge in [0, 0.05) is 38.6 Å². The highest BCUT2D eigenvalue weighted by Gasteiger charge is 2.31. The number of nitrogens with zero attached hydrogens (tertiary/aromatic N) is 2. The first kappa shape index (κ1) is 24.8. The summed E-state index contributed by atoms with van der Waals surface area (Å²) in [7, 11) is 1.57. The molecule has 1 aliphatic rings. The maximum Gasteiger partial charge on any atom is 0.573 e. The topological polar surface area (TPSA) is 110 Å². The van der Waals surface area contributed by atoms with E-state index in [-0.39, 0.29) is 35.2 Å². The number of pyridine rings is 1. The Morgan fingerprint density at radius 3 is 2.32 bits per heavy atom. The minimum absolute atomic E-state index is 0.0400. The van der Waals surface area contributed by atoms with Gasteiger partial charge in [-0.1, -0.05) is 0 Å². The Kier molecular flexibility index (Phi) is 7.59. The number of likely N-dealkylation sites (tertiary alicyclic amines) is 1. The zero-order valence-corrected chi connectivity index (χ0v) is 18.2. The number of carbonyl (C=O) groups excluding carboxylic acids is 3. The van der Waals surface area contributed by atoms with Gasteiger partial charge in [-0.25, -0.2) is 0 Å². The summed E-state index contributed by atoms with van der Waals surface area (Å²) in [6.45, 7) is 1.05. The summed E-state index contributed by atoms with van der Waals surface area (Å²) in [6, 6.07) is 7.51. The summed E-state index contributed by atoms with van der Waals surface area (Å²) >= 11 is 0. The average Bonchev–Trinajstić information content (AvgIpc) is 2.79. The summed E-state index contributed by atoms with van der Waals surface area (Å²) in [5.74, 6) is -2.60. The van der Waals surface area contributed by atoms with Gasteiger partial charge >= 0.3 is 18.2 Å². The monoisotopic (exact) mass is 480 g/mol. The van der Waals surface area contributed by atoms with E-state index >= 15 is 0 Å². The molecular weight excluding hydrogens is 457 g/mol. The molecule has 1 fully saturated rings. The van der Waals surface area contributed by atoms with Gasteiger partial charge in [0.25, 0.3) is 11.5 Å². The Hall–Kier alpha value is -3.83. The number of amides is 3. The van der Waals surface area contributed by atoms with Crippen molar-refractivity contribution in [1.82, 2.24) is 14.8 Å². The predicted molar refractivity (Wildman–Crippen MR) is 115 cm³/mol. The van der Waals surface area contributed by atoms with Gasteiger partial charge in [-0.15, -0.1) is 13.2 Å². The lowest BCUT2D eigenvalue weighted by Gasteiger charge is -2.32. The van der Waals surface area contributed by atoms with Crippen molar-refractivity contribution < 1.29 is 32.3 Å². The van der Waals surface area contributed by atoms with E-state index in [4.69, 9.17) is 0 Å². The lowest BCUT2D eigenvalue weighted by atomic mass is 9.96. The average molecular weight is 480 g/mol. The summed E-state index contributed by atoms with van der Waals surface area (Å²) in [6.07, 6.45) is -2.09. The van der Waals surface area contributed by atoms with E-state index < -0.39 is 23.9 Å². The second-order valence-electron chi connectivity index (χ2n) is 7.81. The van der Waals surface area contributed by atoms with Crippen LogP contribution in [0.1, 0.15) is 23.2 Å². The molecule has 2 aromatic rings. The first-order valence-electron chi connectivity index (χ1n) is 10.4. The minimum atomic E-state index is -4.83. The van der Waals surface area contributed by atoms with Crippen LogP contribution in [0.25, 0.3) is 0 Å². The number of hydrogen-bond donors (Lipinski definition) is 2. The second-order valence-corrected chi connectivity index (χ2v) is 7.81. The third kappa shape index (κ3) is 6.59. The van der Waals surface area contributed by atoms with E-state index in [0.29, 0.717) is 25.9 Å². The van der Waals surface area contributed by atoms with Crippen LogP contribution in [-0.2, 0) is 16.6 Å². The number of benzene rings is 1. The molecule has 9 nitrogen and oxygen atoms in total. The van der Waals surface area contributed by atoms with E-state index in [1.807, 2.05) is 0 Å². The fourth-order valence-corrected chi connectivity index (χ4v) is 3.52. The van der Waals surface area contributed by atoms with Crippen LogP contribution in [-0.4, -0.2) is 53.2 Å². The first-order valence-corrected chi connectivity index (χ1v) is 10.4. The molecule has 1 aliphatic heterocycles. The highest BCUT2D eigenvalue weighted by Crippen LogP contribution is 2.24. The molecule has 1 saturated heterocycles. The number of hydrogen-bond acceptors (Lipinski definition) is 5. The minimum Gasteiger partial charge on any atom is -0.406 e. The Balaban J connectivity index is 1.43. The van der Waals surface area contributed by atoms with E-state index in [0.717, 1.165) is 12.1 Å². The number of anilines is 1. The van der Waals surface area contributed by atoms with Gasteiger partial charge in [-0.3, -0.25) is 19.2 Å². The first-order chi connectivity index (χ1) is 16.0. The molecule has 2 N–H and O–H groups in total. The maximum absolute atomic E-state index is 12.6. The fourth-order valence-electron chi connectivity index (χ4n) is 3.52. The van der Waals surface area contributed by atoms with Crippen molar-refractivity contribution >= 4 is 23.4 Å². The van der Waals surface area contributed by atoms with Gasteiger partial charge in [-0.2, -0.15) is 0 Å². The molecule has 182 valence electrons. The number of rotatable bonds is 5. The molecule has 0 radical (unpaired) electrons. The van der Waals surface area contributed by atoms with Gasteiger partial charge in [0.05, 0.1) is 0 Å². The summed E-state index contributed by atoms with van der Waals surface area (Å²) in [4.78, 5) is 50.5. The number of carbonyl (C=O) groups is 3. The van der Waals surface area contributed by atoms with Gasteiger partial charge in [0.15, 0.2) is 0 Å². The number of nitrogens with one attached hydrogen (secondary N) is 2. The molecule has 0 unspecified atom stereocenters. The van der Waals surface area contributed by atoms with Crippen LogP contribution in [0.15, 0.2) is 47.4 Å². The summed E-state index contributed by atoms with van der Waals surface area (Å²) in [5.41, 5.74) is -0.129. The summed E-state index contributed by atoms with van der Waals surface area (Å²) in [5, 5.41) is 4.82. The quantitative estimate of drug-likeness (QED) is 0.636. The van der Waals surface area contributed by atoms with E-state index in [9.17, 15) is 32.3 Å².